The summed E-state index contributed by atoms with van der Waals surface area (Å²) < 4.78 is 47.7. The third-order valence-electron chi connectivity index (χ3n) is 4.14. The second-order valence-electron chi connectivity index (χ2n) is 7.46. The zero-order valence-corrected chi connectivity index (χ0v) is 15.9. The molecule has 0 radical (unpaired) electrons. The van der Waals surface area contributed by atoms with Crippen LogP contribution >= 0.6 is 11.8 Å². The Morgan fingerprint density at radius 1 is 1.33 bits per heavy atom. The van der Waals surface area contributed by atoms with E-state index in [1.54, 1.807) is 20.8 Å². The van der Waals surface area contributed by atoms with Crippen molar-refractivity contribution in [1.29, 1.82) is 0 Å². The third-order valence-corrected chi connectivity index (χ3v) is 5.71. The van der Waals surface area contributed by atoms with Crippen LogP contribution in [0, 0.1) is 10.8 Å². The van der Waals surface area contributed by atoms with E-state index < -0.39 is 47.7 Å². The van der Waals surface area contributed by atoms with Gasteiger partial charge in [0.05, 0.1) is 5.41 Å². The zero-order valence-electron chi connectivity index (χ0n) is 15.0. The Bertz CT molecular complexity index is 661. The fraction of sp³-hybridized carbons (Fsp3) is 0.688. The van der Waals surface area contributed by atoms with Crippen molar-refractivity contribution in [3.05, 3.63) is 12.2 Å². The smallest absolute Gasteiger partial charge is 0.409 e. The third kappa shape index (κ3) is 4.75. The monoisotopic (exact) mass is 410 g/mol. The summed E-state index contributed by atoms with van der Waals surface area (Å²) in [5.74, 6) is -2.13. The number of thioether (sulfide) groups is 1. The molecule has 2 heterocycles. The highest BCUT2D eigenvalue weighted by Crippen LogP contribution is 2.43. The van der Waals surface area contributed by atoms with Gasteiger partial charge in [-0.1, -0.05) is 6.08 Å². The van der Waals surface area contributed by atoms with Crippen molar-refractivity contribution >= 4 is 29.6 Å². The largest absolute Gasteiger partial charge is 0.427 e. The number of fused-ring (bicyclic) bond motifs is 1. The van der Waals surface area contributed by atoms with Gasteiger partial charge in [0.2, 0.25) is 12.7 Å². The van der Waals surface area contributed by atoms with Gasteiger partial charge in [-0.05, 0) is 20.8 Å². The lowest BCUT2D eigenvalue weighted by molar-refractivity contribution is -0.178. The molecule has 152 valence electrons. The summed E-state index contributed by atoms with van der Waals surface area (Å²) in [7, 11) is 0. The van der Waals surface area contributed by atoms with Crippen molar-refractivity contribution in [2.45, 2.75) is 38.4 Å². The highest BCUT2D eigenvalue weighted by Gasteiger charge is 2.55. The second kappa shape index (κ2) is 7.34. The molecule has 0 bridgehead atoms. The second-order valence-corrected chi connectivity index (χ2v) is 8.56. The minimum atomic E-state index is -4.64. The first-order valence-electron chi connectivity index (χ1n) is 8.06. The number of esters is 2. The van der Waals surface area contributed by atoms with E-state index in [4.69, 9.17) is 15.2 Å². The Morgan fingerprint density at radius 2 is 1.96 bits per heavy atom. The van der Waals surface area contributed by atoms with E-state index in [1.807, 2.05) is 0 Å². The van der Waals surface area contributed by atoms with Crippen LogP contribution in [-0.2, 0) is 23.9 Å². The highest BCUT2D eigenvalue weighted by atomic mass is 32.2. The van der Waals surface area contributed by atoms with Crippen molar-refractivity contribution in [1.82, 2.24) is 4.90 Å². The molecule has 1 amide bonds. The number of β-lactam (4-membered cyclic amide) rings is 1. The van der Waals surface area contributed by atoms with E-state index in [9.17, 15) is 27.6 Å². The van der Waals surface area contributed by atoms with Crippen molar-refractivity contribution < 1.29 is 37.0 Å². The summed E-state index contributed by atoms with van der Waals surface area (Å²) in [5.41, 5.74) is 3.12. The highest BCUT2D eigenvalue weighted by molar-refractivity contribution is 8.00. The van der Waals surface area contributed by atoms with Gasteiger partial charge in [-0.3, -0.25) is 14.4 Å². The van der Waals surface area contributed by atoms with Crippen LogP contribution in [0.2, 0.25) is 0 Å². The van der Waals surface area contributed by atoms with Gasteiger partial charge in [-0.2, -0.15) is 13.2 Å². The fourth-order valence-corrected chi connectivity index (χ4v) is 3.99. The molecule has 0 aliphatic carbocycles. The molecule has 0 spiro atoms. The molecule has 11 heteroatoms. The molecule has 2 unspecified atom stereocenters. The van der Waals surface area contributed by atoms with Crippen molar-refractivity contribution in [3.63, 3.8) is 0 Å². The van der Waals surface area contributed by atoms with E-state index in [-0.39, 0.29) is 23.7 Å². The maximum Gasteiger partial charge on any atom is 0.409 e. The summed E-state index contributed by atoms with van der Waals surface area (Å²) in [5, 5.41) is -0.378. The number of amides is 1. The zero-order chi connectivity index (χ0) is 20.6. The Hall–Kier alpha value is -1.75. The first-order valence-corrected chi connectivity index (χ1v) is 9.11. The SMILES string of the molecule is CC(C)(C)C(=O)OCOC(=O)C1(C=CC(F)(F)F)CS[C@@H]2C(N)C(=O)N2C1. The van der Waals surface area contributed by atoms with E-state index >= 15 is 0 Å². The normalized spacial score (nSPS) is 28.6. The van der Waals surface area contributed by atoms with Gasteiger partial charge < -0.3 is 20.1 Å². The number of halogens is 3. The van der Waals surface area contributed by atoms with Crippen molar-refractivity contribution in [3.8, 4) is 0 Å². The number of carbonyl (C=O) groups is 3. The van der Waals surface area contributed by atoms with Gasteiger partial charge in [-0.25, -0.2) is 0 Å². The van der Waals surface area contributed by atoms with Crippen molar-refractivity contribution in [2.24, 2.45) is 16.6 Å². The summed E-state index contributed by atoms with van der Waals surface area (Å²) in [4.78, 5) is 37.3. The molecule has 2 aliphatic heterocycles. The molecular formula is C16H21F3N2O5S. The minimum absolute atomic E-state index is 0.0478. The summed E-state index contributed by atoms with van der Waals surface area (Å²) >= 11 is 1.11. The number of nitrogens with two attached hydrogens (primary N) is 1. The van der Waals surface area contributed by atoms with Crippen LogP contribution in [0.1, 0.15) is 20.8 Å². The summed E-state index contributed by atoms with van der Waals surface area (Å²) in [6.45, 7) is 3.79. The van der Waals surface area contributed by atoms with Crippen LogP contribution in [0.25, 0.3) is 0 Å². The number of nitrogens with zero attached hydrogens (tertiary/aromatic N) is 1. The Labute approximate surface area is 158 Å². The lowest BCUT2D eigenvalue weighted by Gasteiger charge is -2.52. The maximum atomic E-state index is 12.6. The molecule has 2 rings (SSSR count). The van der Waals surface area contributed by atoms with Crippen molar-refractivity contribution in [2.75, 3.05) is 19.1 Å². The lowest BCUT2D eigenvalue weighted by atomic mass is 9.86. The molecule has 2 saturated heterocycles. The molecule has 0 aromatic heterocycles. The number of ether oxygens (including phenoxy) is 2. The molecule has 2 fully saturated rings. The van der Waals surface area contributed by atoms with Gasteiger partial charge in [0.1, 0.15) is 16.8 Å². The number of rotatable bonds is 4. The Morgan fingerprint density at radius 3 is 2.52 bits per heavy atom. The fourth-order valence-electron chi connectivity index (χ4n) is 2.54. The van der Waals surface area contributed by atoms with Crippen LogP contribution in [0.4, 0.5) is 13.2 Å². The first-order chi connectivity index (χ1) is 12.3. The lowest BCUT2D eigenvalue weighted by Crippen LogP contribution is -2.72. The molecule has 3 atom stereocenters. The summed E-state index contributed by atoms with van der Waals surface area (Å²) in [6.07, 6.45) is -4.00. The van der Waals surface area contributed by atoms with Crippen LogP contribution in [0.5, 0.6) is 0 Å². The van der Waals surface area contributed by atoms with Gasteiger partial charge >= 0.3 is 18.1 Å². The quantitative estimate of drug-likeness (QED) is 0.324. The van der Waals surface area contributed by atoms with Crippen LogP contribution in [-0.4, -0.2) is 59.4 Å². The summed E-state index contributed by atoms with van der Waals surface area (Å²) in [6, 6.07) is -0.733. The molecule has 2 N–H and O–H groups in total. The molecule has 0 aromatic carbocycles. The maximum absolute atomic E-state index is 12.6. The van der Waals surface area contributed by atoms with Gasteiger partial charge in [0.15, 0.2) is 0 Å². The average molecular weight is 410 g/mol. The number of hydrogen-bond donors (Lipinski definition) is 1. The molecule has 7 nitrogen and oxygen atoms in total. The number of allylic oxidation sites excluding steroid dienone is 1. The topological polar surface area (TPSA) is 98.9 Å². The molecule has 0 aromatic rings. The molecule has 0 saturated carbocycles. The minimum Gasteiger partial charge on any atom is -0.427 e. The van der Waals surface area contributed by atoms with Crippen LogP contribution < -0.4 is 5.73 Å². The molecule has 27 heavy (non-hydrogen) atoms. The number of alkyl halides is 3. The standard InChI is InChI=1S/C16H21F3N2O5S/c1-14(2,3)12(23)25-8-26-13(24)15(4-5-16(17,18)19)6-21-10(22)9(20)11(21)27-7-15/h4-5,9,11H,6-8,20H2,1-3H3/t9?,11-,15?/m1/s1. The first kappa shape index (κ1) is 21.5. The Balaban J connectivity index is 2.11. The number of hydrogen-bond acceptors (Lipinski definition) is 7. The average Bonchev–Trinajstić information content (AvgIpc) is 2.57. The van der Waals surface area contributed by atoms with E-state index in [1.165, 1.54) is 4.90 Å². The van der Waals surface area contributed by atoms with Gasteiger partial charge in [-0.15, -0.1) is 11.8 Å². The van der Waals surface area contributed by atoms with Crippen LogP contribution in [0.15, 0.2) is 12.2 Å². The van der Waals surface area contributed by atoms with E-state index in [0.717, 1.165) is 11.8 Å². The molecule has 2 aliphatic rings. The number of carbonyl (C=O) groups excluding carboxylic acids is 3. The van der Waals surface area contributed by atoms with Crippen LogP contribution in [0.3, 0.4) is 0 Å². The van der Waals surface area contributed by atoms with E-state index in [2.05, 4.69) is 0 Å². The predicted molar refractivity (Wildman–Crippen MR) is 90.1 cm³/mol. The van der Waals surface area contributed by atoms with E-state index in [0.29, 0.717) is 6.08 Å². The van der Waals surface area contributed by atoms with Gasteiger partial charge in [0, 0.05) is 18.4 Å². The Kier molecular flexibility index (Phi) is 5.86. The molecular weight excluding hydrogens is 389 g/mol. The predicted octanol–water partition coefficient (Wildman–Crippen LogP) is 1.42. The van der Waals surface area contributed by atoms with Gasteiger partial charge in [0.25, 0.3) is 0 Å².